The Balaban J connectivity index is 4.26. The fraction of sp³-hybridized carbons (Fsp3) is 0.944. The second kappa shape index (κ2) is 46.9. The number of unbranched alkanes of at least 4 members (excludes halogenated alkanes) is 32. The molecule has 0 bridgehead atoms. The van der Waals surface area contributed by atoms with E-state index in [0.717, 1.165) is 69.6 Å². The predicted molar refractivity (Wildman–Crippen MR) is 256 cm³/mol. The second-order valence-corrected chi connectivity index (χ2v) is 19.2. The first kappa shape index (κ1) is 58.4. The molecule has 0 saturated heterocycles. The monoisotopic (exact) mass is 849 g/mol. The molecule has 0 aliphatic carbocycles. The van der Waals surface area contributed by atoms with E-state index in [1.165, 1.54) is 186 Å². The molecular formula is C54H104O6. The Kier molecular flexibility index (Phi) is 45.7. The van der Waals surface area contributed by atoms with Crippen LogP contribution in [0.5, 0.6) is 0 Å². The van der Waals surface area contributed by atoms with Gasteiger partial charge in [-0.15, -0.1) is 0 Å². The Morgan fingerprint density at radius 2 is 0.633 bits per heavy atom. The average molecular weight is 849 g/mol. The maximum absolute atomic E-state index is 12.8. The van der Waals surface area contributed by atoms with Gasteiger partial charge in [-0.05, 0) is 31.1 Å². The Bertz CT molecular complexity index is 918. The first-order valence-corrected chi connectivity index (χ1v) is 26.8. The fourth-order valence-electron chi connectivity index (χ4n) is 8.13. The van der Waals surface area contributed by atoms with Crippen molar-refractivity contribution in [2.45, 2.75) is 304 Å². The van der Waals surface area contributed by atoms with Crippen LogP contribution >= 0.6 is 0 Å². The van der Waals surface area contributed by atoms with E-state index in [0.29, 0.717) is 19.3 Å². The van der Waals surface area contributed by atoms with E-state index in [9.17, 15) is 14.4 Å². The SMILES string of the molecule is CCCCCCCCCCCCCCCCC(=O)O[C@@H](COC(=O)CCCCCCCCCCCCCCCCC(C)CC)COC(=O)CCCCCCCCCC(C)C. The molecule has 0 fully saturated rings. The van der Waals surface area contributed by atoms with Crippen LogP contribution in [-0.4, -0.2) is 37.2 Å². The van der Waals surface area contributed by atoms with Gasteiger partial charge in [0.25, 0.3) is 0 Å². The number of ether oxygens (including phenoxy) is 3. The number of esters is 3. The number of carbonyl (C=O) groups excluding carboxylic acids is 3. The van der Waals surface area contributed by atoms with Gasteiger partial charge in [0.2, 0.25) is 0 Å². The van der Waals surface area contributed by atoms with E-state index in [2.05, 4.69) is 34.6 Å². The third kappa shape index (κ3) is 45.9. The standard InChI is InChI=1S/C54H104O6/c1-6-8-9-10-11-12-13-14-18-22-25-30-36-41-46-54(57)60-51(48-59-53(56)45-40-35-31-26-27-32-37-42-49(3)4)47-58-52(55)44-39-34-29-24-21-19-16-15-17-20-23-28-33-38-43-50(5)7-2/h49-51H,6-48H2,1-5H3/t50?,51-/m0/s1. The minimum absolute atomic E-state index is 0.0639. The van der Waals surface area contributed by atoms with Gasteiger partial charge >= 0.3 is 17.9 Å². The molecule has 60 heavy (non-hydrogen) atoms. The van der Waals surface area contributed by atoms with Crippen molar-refractivity contribution in [2.75, 3.05) is 13.2 Å². The Hall–Kier alpha value is -1.59. The summed E-state index contributed by atoms with van der Waals surface area (Å²) in [4.78, 5) is 37.9. The Morgan fingerprint density at radius 3 is 0.950 bits per heavy atom. The molecule has 2 atom stereocenters. The van der Waals surface area contributed by atoms with Gasteiger partial charge in [-0.1, -0.05) is 259 Å². The van der Waals surface area contributed by atoms with Crippen LogP contribution in [0.4, 0.5) is 0 Å². The summed E-state index contributed by atoms with van der Waals surface area (Å²) in [6.07, 6.45) is 48.0. The molecule has 356 valence electrons. The van der Waals surface area contributed by atoms with Crippen molar-refractivity contribution in [3.05, 3.63) is 0 Å². The smallest absolute Gasteiger partial charge is 0.306 e. The van der Waals surface area contributed by atoms with Gasteiger partial charge < -0.3 is 14.2 Å². The lowest BCUT2D eigenvalue weighted by Gasteiger charge is -2.18. The van der Waals surface area contributed by atoms with Crippen LogP contribution in [0, 0.1) is 11.8 Å². The summed E-state index contributed by atoms with van der Waals surface area (Å²) in [6.45, 7) is 11.4. The first-order valence-electron chi connectivity index (χ1n) is 26.8. The topological polar surface area (TPSA) is 78.9 Å². The molecule has 0 aromatic carbocycles. The highest BCUT2D eigenvalue weighted by Crippen LogP contribution is 2.18. The van der Waals surface area contributed by atoms with Gasteiger partial charge in [0.15, 0.2) is 6.10 Å². The predicted octanol–water partition coefficient (Wildman–Crippen LogP) is 17.3. The summed E-state index contributed by atoms with van der Waals surface area (Å²) >= 11 is 0. The van der Waals surface area contributed by atoms with Crippen LogP contribution in [0.3, 0.4) is 0 Å². The van der Waals surface area contributed by atoms with E-state index in [1.54, 1.807) is 0 Å². The molecule has 0 aromatic heterocycles. The van der Waals surface area contributed by atoms with Crippen molar-refractivity contribution in [1.82, 2.24) is 0 Å². The summed E-state index contributed by atoms with van der Waals surface area (Å²) in [6, 6.07) is 0. The molecule has 0 N–H and O–H groups in total. The maximum Gasteiger partial charge on any atom is 0.306 e. The molecule has 0 amide bonds. The fourth-order valence-corrected chi connectivity index (χ4v) is 8.13. The van der Waals surface area contributed by atoms with Crippen molar-refractivity contribution in [3.63, 3.8) is 0 Å². The highest BCUT2D eigenvalue weighted by Gasteiger charge is 2.19. The molecule has 0 aliphatic rings. The van der Waals surface area contributed by atoms with E-state index >= 15 is 0 Å². The quantitative estimate of drug-likeness (QED) is 0.0345. The summed E-state index contributed by atoms with van der Waals surface area (Å²) in [5, 5.41) is 0. The third-order valence-corrected chi connectivity index (χ3v) is 12.6. The second-order valence-electron chi connectivity index (χ2n) is 19.2. The zero-order chi connectivity index (χ0) is 44.0. The van der Waals surface area contributed by atoms with Gasteiger partial charge in [-0.25, -0.2) is 0 Å². The van der Waals surface area contributed by atoms with Gasteiger partial charge in [0, 0.05) is 19.3 Å². The lowest BCUT2D eigenvalue weighted by atomic mass is 9.99. The Labute approximate surface area is 374 Å². The molecule has 0 aromatic rings. The van der Waals surface area contributed by atoms with E-state index < -0.39 is 6.10 Å². The average Bonchev–Trinajstić information content (AvgIpc) is 3.23. The van der Waals surface area contributed by atoms with Crippen LogP contribution in [0.1, 0.15) is 298 Å². The van der Waals surface area contributed by atoms with Crippen molar-refractivity contribution in [2.24, 2.45) is 11.8 Å². The summed E-state index contributed by atoms with van der Waals surface area (Å²) < 4.78 is 16.8. The molecule has 0 aliphatic heterocycles. The number of rotatable bonds is 48. The van der Waals surface area contributed by atoms with Gasteiger partial charge in [-0.2, -0.15) is 0 Å². The molecule has 0 saturated carbocycles. The number of hydrogen-bond donors (Lipinski definition) is 0. The zero-order valence-electron chi connectivity index (χ0n) is 41.1. The van der Waals surface area contributed by atoms with Crippen molar-refractivity contribution < 1.29 is 28.6 Å². The van der Waals surface area contributed by atoms with Crippen molar-refractivity contribution >= 4 is 17.9 Å². The molecule has 0 heterocycles. The van der Waals surface area contributed by atoms with E-state index in [1.807, 2.05) is 0 Å². The normalized spacial score (nSPS) is 12.5. The lowest BCUT2D eigenvalue weighted by Crippen LogP contribution is -2.30. The summed E-state index contributed by atoms with van der Waals surface area (Å²) in [5.41, 5.74) is 0. The zero-order valence-corrected chi connectivity index (χ0v) is 41.1. The molecule has 6 heteroatoms. The first-order chi connectivity index (χ1) is 29.3. The van der Waals surface area contributed by atoms with Crippen molar-refractivity contribution in [3.8, 4) is 0 Å². The lowest BCUT2D eigenvalue weighted by molar-refractivity contribution is -0.167. The number of hydrogen-bond acceptors (Lipinski definition) is 6. The van der Waals surface area contributed by atoms with Gasteiger partial charge in [-0.3, -0.25) is 14.4 Å². The van der Waals surface area contributed by atoms with Crippen LogP contribution in [-0.2, 0) is 28.6 Å². The Morgan fingerprint density at radius 1 is 0.350 bits per heavy atom. The largest absolute Gasteiger partial charge is 0.462 e. The van der Waals surface area contributed by atoms with Crippen molar-refractivity contribution in [1.29, 1.82) is 0 Å². The van der Waals surface area contributed by atoms with Crippen LogP contribution in [0.15, 0.2) is 0 Å². The minimum atomic E-state index is -0.762. The highest BCUT2D eigenvalue weighted by atomic mass is 16.6. The van der Waals surface area contributed by atoms with Crippen LogP contribution in [0.25, 0.3) is 0 Å². The van der Waals surface area contributed by atoms with Gasteiger partial charge in [0.1, 0.15) is 13.2 Å². The summed E-state index contributed by atoms with van der Waals surface area (Å²) in [7, 11) is 0. The summed E-state index contributed by atoms with van der Waals surface area (Å²) in [5.74, 6) is 0.829. The van der Waals surface area contributed by atoms with Crippen LogP contribution in [0.2, 0.25) is 0 Å². The molecule has 1 unspecified atom stereocenters. The molecular weight excluding hydrogens is 745 g/mol. The minimum Gasteiger partial charge on any atom is -0.462 e. The highest BCUT2D eigenvalue weighted by molar-refractivity contribution is 5.71. The van der Waals surface area contributed by atoms with E-state index in [4.69, 9.17) is 14.2 Å². The molecule has 0 radical (unpaired) electrons. The molecule has 6 nitrogen and oxygen atoms in total. The third-order valence-electron chi connectivity index (χ3n) is 12.6. The maximum atomic E-state index is 12.8. The van der Waals surface area contributed by atoms with Crippen LogP contribution < -0.4 is 0 Å². The number of carbonyl (C=O) groups is 3. The molecule has 0 spiro atoms. The van der Waals surface area contributed by atoms with E-state index in [-0.39, 0.29) is 31.1 Å². The van der Waals surface area contributed by atoms with Gasteiger partial charge in [0.05, 0.1) is 0 Å². The molecule has 0 rings (SSSR count).